The highest BCUT2D eigenvalue weighted by Crippen LogP contribution is 2.35. The van der Waals surface area contributed by atoms with E-state index in [0.29, 0.717) is 11.7 Å². The van der Waals surface area contributed by atoms with Gasteiger partial charge < -0.3 is 10.1 Å². The molecule has 4 nitrogen and oxygen atoms in total. The van der Waals surface area contributed by atoms with Gasteiger partial charge in [0.05, 0.1) is 23.0 Å². The van der Waals surface area contributed by atoms with Crippen LogP contribution < -0.4 is 10.1 Å². The van der Waals surface area contributed by atoms with Crippen molar-refractivity contribution in [2.24, 2.45) is 7.05 Å². The minimum Gasteiger partial charge on any atom is -0.495 e. The van der Waals surface area contributed by atoms with E-state index in [1.807, 2.05) is 26.1 Å². The molecule has 108 valence electrons. The Morgan fingerprint density at radius 1 is 1.35 bits per heavy atom. The van der Waals surface area contributed by atoms with E-state index < -0.39 is 0 Å². The van der Waals surface area contributed by atoms with Gasteiger partial charge in [0.2, 0.25) is 0 Å². The molecule has 0 aliphatic carbocycles. The van der Waals surface area contributed by atoms with Crippen molar-refractivity contribution in [2.45, 2.75) is 13.5 Å². The zero-order valence-corrected chi connectivity index (χ0v) is 15.2. The first-order chi connectivity index (χ1) is 9.43. The van der Waals surface area contributed by atoms with Crippen LogP contribution >= 0.6 is 43.5 Å². The second-order valence-electron chi connectivity index (χ2n) is 4.30. The maximum absolute atomic E-state index is 6.22. The predicted octanol–water partition coefficient (Wildman–Crippen LogP) is 4.53. The molecule has 1 aromatic heterocycles. The molecule has 0 saturated heterocycles. The van der Waals surface area contributed by atoms with Crippen LogP contribution in [-0.2, 0) is 13.6 Å². The monoisotopic (exact) mass is 421 g/mol. The zero-order valence-electron chi connectivity index (χ0n) is 11.3. The van der Waals surface area contributed by atoms with Crippen molar-refractivity contribution >= 4 is 49.1 Å². The summed E-state index contributed by atoms with van der Waals surface area (Å²) in [5.74, 6) is 0.768. The molecule has 0 unspecified atom stereocenters. The van der Waals surface area contributed by atoms with Gasteiger partial charge in [-0.3, -0.25) is 4.68 Å². The number of nitrogens with one attached hydrogen (secondary N) is 1. The standard InChI is InChI=1S/C13H14Br2ClN3O/c1-7-8(13(16)19(2)18-7)6-17-11-5-12(20-3)10(15)4-9(11)14/h4-5,17H,6H2,1-3H3. The first-order valence-corrected chi connectivity index (χ1v) is 7.85. The lowest BCUT2D eigenvalue weighted by molar-refractivity contribution is 0.412. The van der Waals surface area contributed by atoms with Gasteiger partial charge in [0.25, 0.3) is 0 Å². The predicted molar refractivity (Wildman–Crippen MR) is 88.7 cm³/mol. The van der Waals surface area contributed by atoms with Gasteiger partial charge in [-0.1, -0.05) is 11.6 Å². The van der Waals surface area contributed by atoms with Gasteiger partial charge in [-0.25, -0.2) is 0 Å². The fourth-order valence-electron chi connectivity index (χ4n) is 1.88. The molecule has 0 saturated carbocycles. The van der Waals surface area contributed by atoms with Crippen molar-refractivity contribution in [3.63, 3.8) is 0 Å². The minimum atomic E-state index is 0.599. The number of halogens is 3. The van der Waals surface area contributed by atoms with Gasteiger partial charge in [-0.15, -0.1) is 0 Å². The van der Waals surface area contributed by atoms with Crippen molar-refractivity contribution < 1.29 is 4.74 Å². The van der Waals surface area contributed by atoms with E-state index in [-0.39, 0.29) is 0 Å². The van der Waals surface area contributed by atoms with Crippen LogP contribution in [0.25, 0.3) is 0 Å². The largest absolute Gasteiger partial charge is 0.495 e. The van der Waals surface area contributed by atoms with Crippen LogP contribution in [0.4, 0.5) is 5.69 Å². The highest BCUT2D eigenvalue weighted by Gasteiger charge is 2.12. The number of anilines is 1. The van der Waals surface area contributed by atoms with Crippen LogP contribution in [0.5, 0.6) is 5.75 Å². The normalized spacial score (nSPS) is 10.7. The van der Waals surface area contributed by atoms with Crippen molar-refractivity contribution in [1.29, 1.82) is 0 Å². The highest BCUT2D eigenvalue weighted by atomic mass is 79.9. The first kappa shape index (κ1) is 15.7. The van der Waals surface area contributed by atoms with E-state index in [0.717, 1.165) is 31.6 Å². The van der Waals surface area contributed by atoms with Crippen molar-refractivity contribution in [3.8, 4) is 5.75 Å². The fraction of sp³-hybridized carbons (Fsp3) is 0.308. The van der Waals surface area contributed by atoms with Gasteiger partial charge in [-0.05, 0) is 44.8 Å². The molecule has 0 spiro atoms. The summed E-state index contributed by atoms with van der Waals surface area (Å²) in [4.78, 5) is 0. The molecule has 0 radical (unpaired) electrons. The molecule has 0 amide bonds. The molecule has 20 heavy (non-hydrogen) atoms. The Hall–Kier alpha value is -0.720. The summed E-state index contributed by atoms with van der Waals surface area (Å²) in [5, 5.41) is 8.28. The number of nitrogens with zero attached hydrogens (tertiary/aromatic N) is 2. The molecule has 1 aromatic carbocycles. The van der Waals surface area contributed by atoms with E-state index in [4.69, 9.17) is 16.3 Å². The molecule has 7 heteroatoms. The Bertz CT molecular complexity index is 643. The van der Waals surface area contributed by atoms with E-state index >= 15 is 0 Å². The summed E-state index contributed by atoms with van der Waals surface area (Å²) < 4.78 is 8.81. The second-order valence-corrected chi connectivity index (χ2v) is 6.37. The molecule has 0 aliphatic heterocycles. The Morgan fingerprint density at radius 3 is 2.60 bits per heavy atom. The number of hydrogen-bond acceptors (Lipinski definition) is 3. The molecule has 1 N–H and O–H groups in total. The molecular formula is C13H14Br2ClN3O. The van der Waals surface area contributed by atoms with Gasteiger partial charge in [0.15, 0.2) is 0 Å². The molecule has 0 aliphatic rings. The average molecular weight is 424 g/mol. The molecule has 1 heterocycles. The lowest BCUT2D eigenvalue weighted by Crippen LogP contribution is -2.02. The van der Waals surface area contributed by atoms with Crippen LogP contribution in [0.2, 0.25) is 5.15 Å². The molecule has 0 bridgehead atoms. The number of hydrogen-bond donors (Lipinski definition) is 1. The summed E-state index contributed by atoms with van der Waals surface area (Å²) in [7, 11) is 3.47. The Kier molecular flexibility index (Phi) is 4.99. The minimum absolute atomic E-state index is 0.599. The van der Waals surface area contributed by atoms with Crippen LogP contribution in [0, 0.1) is 6.92 Å². The van der Waals surface area contributed by atoms with E-state index in [9.17, 15) is 0 Å². The fourth-order valence-corrected chi connectivity index (χ4v) is 3.42. The molecule has 0 atom stereocenters. The van der Waals surface area contributed by atoms with Crippen LogP contribution in [-0.4, -0.2) is 16.9 Å². The molecule has 0 fully saturated rings. The third kappa shape index (κ3) is 3.13. The van der Waals surface area contributed by atoms with Gasteiger partial charge >= 0.3 is 0 Å². The lowest BCUT2D eigenvalue weighted by Gasteiger charge is -2.12. The topological polar surface area (TPSA) is 39.1 Å². The van der Waals surface area contributed by atoms with Gasteiger partial charge in [-0.2, -0.15) is 5.10 Å². The van der Waals surface area contributed by atoms with Crippen molar-refractivity contribution in [3.05, 3.63) is 37.5 Å². The number of methoxy groups -OCH3 is 1. The van der Waals surface area contributed by atoms with Gasteiger partial charge in [0.1, 0.15) is 10.9 Å². The average Bonchev–Trinajstić information content (AvgIpc) is 2.63. The molecular weight excluding hydrogens is 409 g/mol. The third-order valence-corrected chi connectivity index (χ3v) is 4.72. The quantitative estimate of drug-likeness (QED) is 0.786. The van der Waals surface area contributed by atoms with Crippen LogP contribution in [0.3, 0.4) is 0 Å². The SMILES string of the molecule is COc1cc(NCc2c(C)nn(C)c2Cl)c(Br)cc1Br. The summed E-state index contributed by atoms with van der Waals surface area (Å²) in [6.45, 7) is 2.54. The van der Waals surface area contributed by atoms with E-state index in [1.165, 1.54) is 0 Å². The zero-order chi connectivity index (χ0) is 14.9. The Morgan fingerprint density at radius 2 is 2.05 bits per heavy atom. The summed E-state index contributed by atoms with van der Waals surface area (Å²) in [5.41, 5.74) is 2.84. The maximum atomic E-state index is 6.22. The highest BCUT2D eigenvalue weighted by molar-refractivity contribution is 9.11. The maximum Gasteiger partial charge on any atom is 0.135 e. The second kappa shape index (κ2) is 6.37. The molecule has 2 aromatic rings. The molecule has 2 rings (SSSR count). The van der Waals surface area contributed by atoms with Crippen molar-refractivity contribution in [1.82, 2.24) is 9.78 Å². The summed E-state index contributed by atoms with van der Waals surface area (Å²) >= 11 is 13.2. The van der Waals surface area contributed by atoms with Crippen LogP contribution in [0.1, 0.15) is 11.3 Å². The number of aryl methyl sites for hydroxylation is 2. The van der Waals surface area contributed by atoms with E-state index in [1.54, 1.807) is 11.8 Å². The Balaban J connectivity index is 2.23. The number of benzene rings is 1. The third-order valence-electron chi connectivity index (χ3n) is 2.97. The first-order valence-electron chi connectivity index (χ1n) is 5.89. The van der Waals surface area contributed by atoms with Crippen molar-refractivity contribution in [2.75, 3.05) is 12.4 Å². The number of ether oxygens (including phenoxy) is 1. The lowest BCUT2D eigenvalue weighted by atomic mass is 10.2. The summed E-state index contributed by atoms with van der Waals surface area (Å²) in [6, 6.07) is 3.87. The summed E-state index contributed by atoms with van der Waals surface area (Å²) in [6.07, 6.45) is 0. The Labute approximate surface area is 139 Å². The number of aromatic nitrogens is 2. The van der Waals surface area contributed by atoms with Crippen LogP contribution in [0.15, 0.2) is 21.1 Å². The smallest absolute Gasteiger partial charge is 0.135 e. The number of rotatable bonds is 4. The van der Waals surface area contributed by atoms with E-state index in [2.05, 4.69) is 42.3 Å². The van der Waals surface area contributed by atoms with Gasteiger partial charge in [0, 0.05) is 29.7 Å².